The Morgan fingerprint density at radius 2 is 1.63 bits per heavy atom. The van der Waals surface area contributed by atoms with Crippen LogP contribution in [0.3, 0.4) is 0 Å². The molecule has 14 nitrogen and oxygen atoms in total. The van der Waals surface area contributed by atoms with Gasteiger partial charge in [-0.15, -0.1) is 0 Å². The minimum Gasteiger partial charge on any atom is -0.481 e. The molecule has 1 unspecified atom stereocenters. The highest BCUT2D eigenvalue weighted by Gasteiger charge is 2.45. The van der Waals surface area contributed by atoms with Gasteiger partial charge in [0.05, 0.1) is 36.7 Å². The van der Waals surface area contributed by atoms with Gasteiger partial charge >= 0.3 is 11.9 Å². The van der Waals surface area contributed by atoms with Crippen LogP contribution in [0, 0.1) is 24.2 Å². The van der Waals surface area contributed by atoms with Gasteiger partial charge < -0.3 is 40.2 Å². The lowest BCUT2D eigenvalue weighted by molar-refractivity contribution is -0.147. The Morgan fingerprint density at radius 3 is 2.27 bits per heavy atom. The molecule has 3 amide bonds. The number of methoxy groups -OCH3 is 1. The summed E-state index contributed by atoms with van der Waals surface area (Å²) >= 11 is 6.61. The standard InChI is InChI=1S/C47H64ClN5O9/c1-4-5-13-38-52-41(48)40(53(38)29-32-14-16-33(17-15-32)37-12-10-11-31(2)39(37)45(58)59)43(55)50-25-9-8-24-49-42(54)34-18-20-36(21-19-34)51-46(60)47(22-6-7-23-47)28-35(44(56)57)30-62-27-26-61-3/h10-12,14-17,34-36H,4-9,13,18-30H2,1-3H3,(H,49,54)(H,50,55)(H,51,60)(H,56,57)(H,58,59). The van der Waals surface area contributed by atoms with Gasteiger partial charge in [0, 0.05) is 45.1 Å². The SMILES string of the molecule is CCCCc1nc(Cl)c(C(=O)NCCCCNC(=O)C2CCC(NC(=O)C3(CC(COCCOC)C(=O)O)CCCC3)CC2)n1Cc1ccc(-c2cccc(C)c2C(=O)O)cc1. The van der Waals surface area contributed by atoms with E-state index in [1.807, 2.05) is 34.9 Å². The van der Waals surface area contributed by atoms with E-state index in [-0.39, 0.29) is 53.4 Å². The molecule has 2 aliphatic rings. The van der Waals surface area contributed by atoms with Crippen LogP contribution in [0.5, 0.6) is 0 Å². The van der Waals surface area contributed by atoms with Crippen LogP contribution in [0.2, 0.25) is 5.15 Å². The van der Waals surface area contributed by atoms with Gasteiger partial charge in [-0.2, -0.15) is 0 Å². The number of halogens is 1. The summed E-state index contributed by atoms with van der Waals surface area (Å²) in [5.74, 6) is -2.54. The maximum atomic E-state index is 13.7. The predicted molar refractivity (Wildman–Crippen MR) is 236 cm³/mol. The summed E-state index contributed by atoms with van der Waals surface area (Å²) < 4.78 is 12.4. The average Bonchev–Trinajstić information content (AvgIpc) is 3.86. The van der Waals surface area contributed by atoms with E-state index in [2.05, 4.69) is 27.9 Å². The van der Waals surface area contributed by atoms with Crippen LogP contribution in [0.25, 0.3) is 11.1 Å². The minimum absolute atomic E-state index is 0.00613. The third-order valence-corrected chi connectivity index (χ3v) is 12.7. The molecule has 3 aromatic rings. The highest BCUT2D eigenvalue weighted by Crippen LogP contribution is 2.44. The molecule has 2 fully saturated rings. The first-order chi connectivity index (χ1) is 29.9. The van der Waals surface area contributed by atoms with Gasteiger partial charge in [-0.1, -0.05) is 80.3 Å². The largest absolute Gasteiger partial charge is 0.481 e. The van der Waals surface area contributed by atoms with Crippen LogP contribution in [-0.4, -0.2) is 95.5 Å². The van der Waals surface area contributed by atoms with Gasteiger partial charge in [0.25, 0.3) is 5.91 Å². The number of aromatic carboxylic acids is 1. The fourth-order valence-electron chi connectivity index (χ4n) is 8.91. The molecular formula is C47H64ClN5O9. The molecule has 0 saturated heterocycles. The zero-order valence-corrected chi connectivity index (χ0v) is 37.2. The van der Waals surface area contributed by atoms with Crippen LogP contribution >= 0.6 is 11.6 Å². The van der Waals surface area contributed by atoms with Crippen molar-refractivity contribution in [1.82, 2.24) is 25.5 Å². The number of aromatic nitrogens is 2. The van der Waals surface area contributed by atoms with Crippen molar-refractivity contribution in [2.24, 2.45) is 17.3 Å². The Balaban J connectivity index is 1.06. The summed E-state index contributed by atoms with van der Waals surface area (Å²) in [7, 11) is 1.56. The first-order valence-electron chi connectivity index (χ1n) is 22.2. The van der Waals surface area contributed by atoms with Crippen molar-refractivity contribution in [1.29, 1.82) is 0 Å². The molecule has 2 aliphatic carbocycles. The normalized spacial score (nSPS) is 17.6. The first kappa shape index (κ1) is 48.2. The van der Waals surface area contributed by atoms with Crippen LogP contribution in [0.4, 0.5) is 0 Å². The van der Waals surface area contributed by atoms with Crippen molar-refractivity contribution in [3.63, 3.8) is 0 Å². The van der Waals surface area contributed by atoms with E-state index >= 15 is 0 Å². The molecule has 5 rings (SSSR count). The van der Waals surface area contributed by atoms with E-state index in [9.17, 15) is 34.2 Å². The monoisotopic (exact) mass is 877 g/mol. The number of ether oxygens (including phenoxy) is 2. The number of carbonyl (C=O) groups excluding carboxylic acids is 3. The Bertz CT molecular complexity index is 1990. The van der Waals surface area contributed by atoms with Gasteiger partial charge in [-0.25, -0.2) is 9.78 Å². The molecule has 1 aromatic heterocycles. The number of carboxylic acids is 2. The molecule has 0 spiro atoms. The van der Waals surface area contributed by atoms with E-state index in [1.54, 1.807) is 26.2 Å². The van der Waals surface area contributed by atoms with Crippen molar-refractivity contribution >= 4 is 41.3 Å². The molecule has 5 N–H and O–H groups in total. The molecule has 62 heavy (non-hydrogen) atoms. The minimum atomic E-state index is -0.976. The quantitative estimate of drug-likeness (QED) is 0.0573. The lowest BCUT2D eigenvalue weighted by atomic mass is 9.76. The Morgan fingerprint density at radius 1 is 0.935 bits per heavy atom. The number of aryl methyl sites for hydroxylation is 2. The highest BCUT2D eigenvalue weighted by molar-refractivity contribution is 6.32. The summed E-state index contributed by atoms with van der Waals surface area (Å²) in [5, 5.41) is 29.1. The second kappa shape index (κ2) is 23.6. The lowest BCUT2D eigenvalue weighted by Gasteiger charge is -2.34. The van der Waals surface area contributed by atoms with Gasteiger partial charge in [0.15, 0.2) is 5.15 Å². The number of amides is 3. The molecule has 0 bridgehead atoms. The average molecular weight is 879 g/mol. The Kier molecular flexibility index (Phi) is 18.4. The molecule has 1 atom stereocenters. The number of rotatable bonds is 24. The molecule has 0 aliphatic heterocycles. The maximum Gasteiger partial charge on any atom is 0.336 e. The fraction of sp³-hybridized carbons (Fsp3) is 0.574. The number of benzene rings is 2. The molecule has 15 heteroatoms. The number of nitrogens with one attached hydrogen (secondary N) is 3. The number of hydrogen-bond acceptors (Lipinski definition) is 8. The van der Waals surface area contributed by atoms with Crippen LogP contribution in [-0.2, 0) is 36.8 Å². The third kappa shape index (κ3) is 12.9. The highest BCUT2D eigenvalue weighted by atomic mass is 35.5. The lowest BCUT2D eigenvalue weighted by Crippen LogP contribution is -2.48. The summed E-state index contributed by atoms with van der Waals surface area (Å²) in [6.07, 6.45) is 9.80. The summed E-state index contributed by atoms with van der Waals surface area (Å²) in [5.41, 5.74) is 2.86. The molecular weight excluding hydrogens is 814 g/mol. The number of unbranched alkanes of at least 4 members (excludes halogenated alkanes) is 2. The van der Waals surface area contributed by atoms with Gasteiger partial charge in [0.1, 0.15) is 11.5 Å². The van der Waals surface area contributed by atoms with Gasteiger partial charge in [-0.3, -0.25) is 19.2 Å². The Labute approximate surface area is 369 Å². The van der Waals surface area contributed by atoms with Crippen LogP contribution < -0.4 is 16.0 Å². The van der Waals surface area contributed by atoms with Crippen molar-refractivity contribution in [3.8, 4) is 11.1 Å². The molecule has 1 heterocycles. The fourth-order valence-corrected chi connectivity index (χ4v) is 9.19. The van der Waals surface area contributed by atoms with Gasteiger partial charge in [-0.05, 0) is 93.4 Å². The van der Waals surface area contributed by atoms with E-state index < -0.39 is 23.3 Å². The number of carboxylic acid groups (broad SMARTS) is 2. The van der Waals surface area contributed by atoms with E-state index in [1.165, 1.54) is 0 Å². The van der Waals surface area contributed by atoms with Crippen molar-refractivity contribution in [2.45, 2.75) is 116 Å². The van der Waals surface area contributed by atoms with Crippen LogP contribution in [0.1, 0.15) is 128 Å². The van der Waals surface area contributed by atoms with E-state index in [0.717, 1.165) is 42.6 Å². The Hall–Kier alpha value is -4.79. The molecule has 338 valence electrons. The zero-order valence-electron chi connectivity index (χ0n) is 36.4. The molecule has 2 saturated carbocycles. The first-order valence-corrected chi connectivity index (χ1v) is 22.6. The topological polar surface area (TPSA) is 198 Å². The number of aliphatic carboxylic acids is 1. The summed E-state index contributed by atoms with van der Waals surface area (Å²) in [6.45, 7) is 5.81. The van der Waals surface area contributed by atoms with Crippen molar-refractivity contribution in [3.05, 3.63) is 75.8 Å². The molecule has 0 radical (unpaired) electrons. The van der Waals surface area contributed by atoms with Crippen molar-refractivity contribution in [2.75, 3.05) is 40.0 Å². The summed E-state index contributed by atoms with van der Waals surface area (Å²) in [4.78, 5) is 68.9. The number of carbonyl (C=O) groups is 5. The van der Waals surface area contributed by atoms with Crippen molar-refractivity contribution < 1.29 is 43.7 Å². The second-order valence-corrected chi connectivity index (χ2v) is 17.3. The van der Waals surface area contributed by atoms with E-state index in [0.29, 0.717) is 107 Å². The van der Waals surface area contributed by atoms with Gasteiger partial charge in [0.2, 0.25) is 11.8 Å². The second-order valence-electron chi connectivity index (χ2n) is 16.9. The zero-order chi connectivity index (χ0) is 44.6. The maximum absolute atomic E-state index is 13.7. The number of imidazole rings is 1. The van der Waals surface area contributed by atoms with E-state index in [4.69, 9.17) is 21.1 Å². The van der Waals surface area contributed by atoms with Crippen LogP contribution in [0.15, 0.2) is 42.5 Å². The smallest absolute Gasteiger partial charge is 0.336 e. The summed E-state index contributed by atoms with van der Waals surface area (Å²) in [6, 6.07) is 13.0. The number of nitrogens with zero attached hydrogens (tertiary/aromatic N) is 2. The predicted octanol–water partition coefficient (Wildman–Crippen LogP) is 7.22. The molecule has 2 aromatic carbocycles. The third-order valence-electron chi connectivity index (χ3n) is 12.5. The number of hydrogen-bond donors (Lipinski definition) is 5.